The molecule has 8 heteroatoms. The van der Waals surface area contributed by atoms with Crippen molar-refractivity contribution in [3.8, 4) is 0 Å². The maximum Gasteiger partial charge on any atom is 0.224 e. The van der Waals surface area contributed by atoms with Crippen molar-refractivity contribution in [2.75, 3.05) is 26.3 Å². The van der Waals surface area contributed by atoms with E-state index in [1.807, 2.05) is 23.7 Å². The number of halogens is 1. The Morgan fingerprint density at radius 1 is 1.23 bits per heavy atom. The summed E-state index contributed by atoms with van der Waals surface area (Å²) in [7, 11) is 1.94. The van der Waals surface area contributed by atoms with Crippen LogP contribution < -0.4 is 10.7 Å². The SMILES string of the molecule is Cc1c(CN2CCOCC2)sc2c(=O)c(CC(=O)NCc3ccc(Cl)cc3)cn(C)c12. The number of thiophene rings is 1. The molecule has 1 amide bonds. The van der Waals surface area contributed by atoms with Crippen LogP contribution in [-0.4, -0.2) is 41.7 Å². The van der Waals surface area contributed by atoms with Gasteiger partial charge < -0.3 is 14.6 Å². The zero-order valence-corrected chi connectivity index (χ0v) is 19.3. The van der Waals surface area contributed by atoms with Crippen molar-refractivity contribution in [1.29, 1.82) is 0 Å². The third kappa shape index (κ3) is 5.01. The van der Waals surface area contributed by atoms with E-state index in [0.717, 1.165) is 54.2 Å². The first-order valence-electron chi connectivity index (χ1n) is 10.3. The van der Waals surface area contributed by atoms with Gasteiger partial charge in [-0.15, -0.1) is 11.3 Å². The van der Waals surface area contributed by atoms with Crippen LogP contribution in [0.2, 0.25) is 5.02 Å². The van der Waals surface area contributed by atoms with Gasteiger partial charge in [-0.25, -0.2) is 0 Å². The molecule has 1 aliphatic heterocycles. The number of aromatic nitrogens is 1. The predicted octanol–water partition coefficient (Wildman–Crippen LogP) is 3.25. The summed E-state index contributed by atoms with van der Waals surface area (Å²) >= 11 is 7.45. The lowest BCUT2D eigenvalue weighted by Gasteiger charge is -2.26. The van der Waals surface area contributed by atoms with Gasteiger partial charge in [0.25, 0.3) is 0 Å². The summed E-state index contributed by atoms with van der Waals surface area (Å²) in [6.45, 7) is 6.61. The first kappa shape index (κ1) is 22.0. The summed E-state index contributed by atoms with van der Waals surface area (Å²) in [5, 5.41) is 3.55. The second-order valence-electron chi connectivity index (χ2n) is 7.89. The number of rotatable bonds is 6. The van der Waals surface area contributed by atoms with Crippen LogP contribution in [0.3, 0.4) is 0 Å². The quantitative estimate of drug-likeness (QED) is 0.614. The van der Waals surface area contributed by atoms with Crippen molar-refractivity contribution >= 4 is 39.1 Å². The lowest BCUT2D eigenvalue weighted by Crippen LogP contribution is -2.35. The first-order valence-corrected chi connectivity index (χ1v) is 11.5. The largest absolute Gasteiger partial charge is 0.379 e. The van der Waals surface area contributed by atoms with Gasteiger partial charge in [-0.3, -0.25) is 14.5 Å². The van der Waals surface area contributed by atoms with E-state index in [4.69, 9.17) is 16.3 Å². The first-order chi connectivity index (χ1) is 14.9. The number of amides is 1. The number of hydrogen-bond acceptors (Lipinski definition) is 5. The van der Waals surface area contributed by atoms with Gasteiger partial charge in [0, 0.05) is 54.9 Å². The van der Waals surface area contributed by atoms with Crippen LogP contribution >= 0.6 is 22.9 Å². The van der Waals surface area contributed by atoms with Crippen molar-refractivity contribution in [2.24, 2.45) is 7.05 Å². The fraction of sp³-hybridized carbons (Fsp3) is 0.391. The third-order valence-corrected chi connectivity index (χ3v) is 7.16. The molecule has 0 saturated carbocycles. The Hall–Kier alpha value is -2.19. The van der Waals surface area contributed by atoms with E-state index in [9.17, 15) is 9.59 Å². The minimum atomic E-state index is -0.173. The van der Waals surface area contributed by atoms with Crippen LogP contribution in [0.15, 0.2) is 35.3 Å². The van der Waals surface area contributed by atoms with Gasteiger partial charge >= 0.3 is 0 Å². The standard InChI is InChI=1S/C23H26ClN3O3S/c1-15-19(14-27-7-9-30-10-8-27)31-23-21(15)26(2)13-17(22(23)29)11-20(28)25-12-16-3-5-18(24)6-4-16/h3-6,13H,7-12,14H2,1-2H3,(H,25,28). The summed E-state index contributed by atoms with van der Waals surface area (Å²) in [5.41, 5.74) is 3.54. The molecule has 0 unspecified atom stereocenters. The minimum Gasteiger partial charge on any atom is -0.379 e. The number of pyridine rings is 1. The Kier molecular flexibility index (Phi) is 6.77. The second-order valence-corrected chi connectivity index (χ2v) is 9.43. The van der Waals surface area contributed by atoms with Crippen molar-refractivity contribution in [2.45, 2.75) is 26.4 Å². The van der Waals surface area contributed by atoms with E-state index in [2.05, 4.69) is 17.1 Å². The Morgan fingerprint density at radius 3 is 2.65 bits per heavy atom. The summed E-state index contributed by atoms with van der Waals surface area (Å²) in [6, 6.07) is 7.33. The summed E-state index contributed by atoms with van der Waals surface area (Å²) < 4.78 is 8.14. The normalized spacial score (nSPS) is 14.8. The maximum atomic E-state index is 13.2. The van der Waals surface area contributed by atoms with Crippen LogP contribution in [0, 0.1) is 6.92 Å². The average molecular weight is 460 g/mol. The van der Waals surface area contributed by atoms with Gasteiger partial charge in [0.05, 0.1) is 29.9 Å². The number of hydrogen-bond donors (Lipinski definition) is 1. The van der Waals surface area contributed by atoms with Gasteiger partial charge in [0.2, 0.25) is 11.3 Å². The minimum absolute atomic E-state index is 0.0453. The molecule has 0 bridgehead atoms. The van der Waals surface area contributed by atoms with Gasteiger partial charge in [0.15, 0.2) is 0 Å². The molecule has 6 nitrogen and oxygen atoms in total. The molecule has 4 rings (SSSR count). The smallest absolute Gasteiger partial charge is 0.224 e. The Labute approximate surface area is 190 Å². The van der Waals surface area contributed by atoms with E-state index < -0.39 is 0 Å². The lowest BCUT2D eigenvalue weighted by molar-refractivity contribution is -0.120. The van der Waals surface area contributed by atoms with Crippen LogP contribution in [0.25, 0.3) is 10.2 Å². The molecule has 1 aliphatic rings. The number of benzene rings is 1. The Bertz CT molecular complexity index is 1150. The second kappa shape index (κ2) is 9.53. The van der Waals surface area contributed by atoms with Crippen molar-refractivity contribution in [1.82, 2.24) is 14.8 Å². The number of carbonyl (C=O) groups is 1. The van der Waals surface area contributed by atoms with E-state index in [1.165, 1.54) is 4.88 Å². The number of nitrogens with zero attached hydrogens (tertiary/aromatic N) is 2. The predicted molar refractivity (Wildman–Crippen MR) is 125 cm³/mol. The van der Waals surface area contributed by atoms with Crippen LogP contribution in [0.5, 0.6) is 0 Å². The molecular formula is C23H26ClN3O3S. The summed E-state index contributed by atoms with van der Waals surface area (Å²) in [5.74, 6) is -0.173. The number of ether oxygens (including phenoxy) is 1. The molecule has 0 radical (unpaired) electrons. The molecule has 1 aromatic carbocycles. The van der Waals surface area contributed by atoms with Gasteiger partial charge in [0.1, 0.15) is 0 Å². The fourth-order valence-electron chi connectivity index (χ4n) is 3.91. The molecule has 0 aliphatic carbocycles. The molecule has 31 heavy (non-hydrogen) atoms. The van der Waals surface area contributed by atoms with E-state index in [0.29, 0.717) is 17.1 Å². The fourth-order valence-corrected chi connectivity index (χ4v) is 5.40. The number of carbonyl (C=O) groups excluding carboxylic acids is 1. The third-order valence-electron chi connectivity index (χ3n) is 5.64. The topological polar surface area (TPSA) is 63.6 Å². The van der Waals surface area contributed by atoms with E-state index >= 15 is 0 Å². The number of fused-ring (bicyclic) bond motifs is 1. The zero-order valence-electron chi connectivity index (χ0n) is 17.7. The molecule has 0 atom stereocenters. The molecule has 1 saturated heterocycles. The zero-order chi connectivity index (χ0) is 22.0. The van der Waals surface area contributed by atoms with Gasteiger partial charge in [-0.2, -0.15) is 0 Å². The molecule has 0 spiro atoms. The summed E-state index contributed by atoms with van der Waals surface area (Å²) in [6.07, 6.45) is 1.86. The van der Waals surface area contributed by atoms with Crippen molar-refractivity contribution < 1.29 is 9.53 Å². The van der Waals surface area contributed by atoms with Crippen LogP contribution in [0.1, 0.15) is 21.6 Å². The number of morpholine rings is 1. The van der Waals surface area contributed by atoms with Gasteiger partial charge in [-0.1, -0.05) is 23.7 Å². The molecule has 3 aromatic rings. The van der Waals surface area contributed by atoms with Crippen molar-refractivity contribution in [3.05, 3.63) is 67.3 Å². The molecule has 1 N–H and O–H groups in total. The number of nitrogens with one attached hydrogen (secondary N) is 1. The monoisotopic (exact) mass is 459 g/mol. The highest BCUT2D eigenvalue weighted by atomic mass is 35.5. The van der Waals surface area contributed by atoms with Crippen molar-refractivity contribution in [3.63, 3.8) is 0 Å². The Balaban J connectivity index is 1.51. The maximum absolute atomic E-state index is 13.2. The summed E-state index contributed by atoms with van der Waals surface area (Å²) in [4.78, 5) is 29.2. The van der Waals surface area contributed by atoms with E-state index in [1.54, 1.807) is 29.7 Å². The van der Waals surface area contributed by atoms with Crippen LogP contribution in [0.4, 0.5) is 0 Å². The molecule has 164 valence electrons. The molecule has 2 aromatic heterocycles. The molecule has 3 heterocycles. The number of aryl methyl sites for hydroxylation is 2. The average Bonchev–Trinajstić information content (AvgIpc) is 3.09. The highest BCUT2D eigenvalue weighted by Crippen LogP contribution is 2.30. The molecular weight excluding hydrogens is 434 g/mol. The van der Waals surface area contributed by atoms with Crippen LogP contribution in [-0.2, 0) is 36.1 Å². The highest BCUT2D eigenvalue weighted by molar-refractivity contribution is 7.19. The van der Waals surface area contributed by atoms with E-state index in [-0.39, 0.29) is 17.8 Å². The Morgan fingerprint density at radius 2 is 1.94 bits per heavy atom. The van der Waals surface area contributed by atoms with Gasteiger partial charge in [-0.05, 0) is 30.2 Å². The molecule has 1 fully saturated rings. The lowest BCUT2D eigenvalue weighted by atomic mass is 10.1. The highest BCUT2D eigenvalue weighted by Gasteiger charge is 2.20.